The van der Waals surface area contributed by atoms with Gasteiger partial charge in [0, 0.05) is 5.56 Å². The van der Waals surface area contributed by atoms with Gasteiger partial charge in [0.2, 0.25) is 5.82 Å². The second-order valence-corrected chi connectivity index (χ2v) is 7.16. The number of carbonyl (C=O) groups is 1. The minimum atomic E-state index is -0.705. The fourth-order valence-corrected chi connectivity index (χ4v) is 3.37. The Morgan fingerprint density at radius 2 is 1.62 bits per heavy atom. The molecule has 0 radical (unpaired) electrons. The number of benzene rings is 3. The first-order valence-corrected chi connectivity index (χ1v) is 10.4. The molecule has 2 heterocycles. The van der Waals surface area contributed by atoms with Gasteiger partial charge >= 0.3 is 5.97 Å². The Morgan fingerprint density at radius 3 is 2.38 bits per heavy atom. The van der Waals surface area contributed by atoms with Crippen LogP contribution in [0.2, 0.25) is 0 Å². The summed E-state index contributed by atoms with van der Waals surface area (Å²) >= 11 is 0. The zero-order valence-electron chi connectivity index (χ0n) is 18.2. The van der Waals surface area contributed by atoms with Crippen LogP contribution in [-0.4, -0.2) is 38.0 Å². The van der Waals surface area contributed by atoms with E-state index in [2.05, 4.69) is 20.2 Å². The van der Waals surface area contributed by atoms with Gasteiger partial charge < -0.3 is 14.0 Å². The lowest BCUT2D eigenvalue weighted by atomic mass is 10.2. The molecular formula is C25H19N5O4. The molecule has 34 heavy (non-hydrogen) atoms. The second kappa shape index (κ2) is 9.37. The van der Waals surface area contributed by atoms with Crippen LogP contribution in [0, 0.1) is 0 Å². The van der Waals surface area contributed by atoms with E-state index in [1.807, 2.05) is 78.9 Å². The number of para-hydroxylation sites is 2. The minimum absolute atomic E-state index is 0.0767. The van der Waals surface area contributed by atoms with Crippen molar-refractivity contribution in [3.63, 3.8) is 0 Å². The molecule has 0 bridgehead atoms. The SMILES string of the molecule is COc1ccccc1-c1noc(COC(=O)c2nc(-c3ccccc3)n(-c3ccccc3)n2)n1. The maximum Gasteiger partial charge on any atom is 0.378 e. The minimum Gasteiger partial charge on any atom is -0.496 e. The topological polar surface area (TPSA) is 105 Å². The molecule has 168 valence electrons. The Kier molecular flexibility index (Phi) is 5.81. The van der Waals surface area contributed by atoms with Crippen molar-refractivity contribution in [2.75, 3.05) is 7.11 Å². The molecule has 0 amide bonds. The summed E-state index contributed by atoms with van der Waals surface area (Å²) < 4.78 is 17.5. The van der Waals surface area contributed by atoms with Crippen LogP contribution in [0.1, 0.15) is 16.5 Å². The van der Waals surface area contributed by atoms with Crippen molar-refractivity contribution in [2.45, 2.75) is 6.61 Å². The molecule has 0 aliphatic rings. The number of nitrogens with zero attached hydrogens (tertiary/aromatic N) is 5. The molecule has 3 aromatic carbocycles. The number of aromatic nitrogens is 5. The van der Waals surface area contributed by atoms with Gasteiger partial charge in [-0.05, 0) is 24.3 Å². The van der Waals surface area contributed by atoms with E-state index in [0.717, 1.165) is 11.3 Å². The third kappa shape index (κ3) is 4.26. The fraction of sp³-hybridized carbons (Fsp3) is 0.0800. The fourth-order valence-electron chi connectivity index (χ4n) is 3.37. The molecule has 9 heteroatoms. The van der Waals surface area contributed by atoms with Crippen LogP contribution >= 0.6 is 0 Å². The number of rotatable bonds is 7. The number of carbonyl (C=O) groups excluding carboxylic acids is 1. The van der Waals surface area contributed by atoms with Gasteiger partial charge in [0.15, 0.2) is 12.4 Å². The van der Waals surface area contributed by atoms with Crippen molar-refractivity contribution in [2.24, 2.45) is 0 Å². The van der Waals surface area contributed by atoms with E-state index in [9.17, 15) is 4.79 Å². The molecule has 0 saturated carbocycles. The molecule has 9 nitrogen and oxygen atoms in total. The number of hydrogen-bond donors (Lipinski definition) is 0. The van der Waals surface area contributed by atoms with E-state index >= 15 is 0 Å². The normalized spacial score (nSPS) is 10.7. The molecule has 5 aromatic rings. The second-order valence-electron chi connectivity index (χ2n) is 7.16. The molecule has 0 aliphatic heterocycles. The van der Waals surface area contributed by atoms with Gasteiger partial charge in [0.1, 0.15) is 5.75 Å². The standard InChI is InChI=1S/C25H19N5O4/c1-32-20-15-9-8-14-19(20)22-26-21(34-29-22)16-33-25(31)23-27-24(17-10-4-2-5-11-17)30(28-23)18-12-6-3-7-13-18/h2-15H,16H2,1H3. The van der Waals surface area contributed by atoms with E-state index in [0.29, 0.717) is 23.0 Å². The van der Waals surface area contributed by atoms with E-state index < -0.39 is 5.97 Å². The molecular weight excluding hydrogens is 434 g/mol. The van der Waals surface area contributed by atoms with Crippen LogP contribution in [0.25, 0.3) is 28.5 Å². The average Bonchev–Trinajstić information content (AvgIpc) is 3.56. The van der Waals surface area contributed by atoms with Gasteiger partial charge in [0.05, 0.1) is 18.4 Å². The van der Waals surface area contributed by atoms with E-state index in [4.69, 9.17) is 14.0 Å². The zero-order chi connectivity index (χ0) is 23.3. The summed E-state index contributed by atoms with van der Waals surface area (Å²) in [5.74, 6) is 0.823. The monoisotopic (exact) mass is 453 g/mol. The highest BCUT2D eigenvalue weighted by Crippen LogP contribution is 2.27. The number of hydrogen-bond acceptors (Lipinski definition) is 8. The number of esters is 1. The summed E-state index contributed by atoms with van der Waals surface area (Å²) in [5.41, 5.74) is 2.25. The summed E-state index contributed by atoms with van der Waals surface area (Å²) in [5, 5.41) is 8.34. The summed E-state index contributed by atoms with van der Waals surface area (Å²) in [6, 6.07) is 26.2. The molecule has 0 fully saturated rings. The molecule has 0 saturated heterocycles. The van der Waals surface area contributed by atoms with Crippen molar-refractivity contribution in [3.8, 4) is 34.2 Å². The Morgan fingerprint density at radius 1 is 0.912 bits per heavy atom. The maximum atomic E-state index is 12.8. The summed E-state index contributed by atoms with van der Waals surface area (Å²) in [6.07, 6.45) is 0. The predicted molar refractivity (Wildman–Crippen MR) is 122 cm³/mol. The third-order valence-corrected chi connectivity index (χ3v) is 4.97. The van der Waals surface area contributed by atoms with Crippen LogP contribution in [0.3, 0.4) is 0 Å². The highest BCUT2D eigenvalue weighted by atomic mass is 16.6. The number of methoxy groups -OCH3 is 1. The third-order valence-electron chi connectivity index (χ3n) is 4.97. The van der Waals surface area contributed by atoms with Gasteiger partial charge in [0.25, 0.3) is 11.7 Å². The molecule has 0 spiro atoms. The van der Waals surface area contributed by atoms with Crippen molar-refractivity contribution in [3.05, 3.63) is 96.6 Å². The maximum absolute atomic E-state index is 12.8. The largest absolute Gasteiger partial charge is 0.496 e. The quantitative estimate of drug-likeness (QED) is 0.335. The number of ether oxygens (including phenoxy) is 2. The molecule has 2 aromatic heterocycles. The van der Waals surface area contributed by atoms with Crippen molar-refractivity contribution < 1.29 is 18.8 Å². The van der Waals surface area contributed by atoms with Gasteiger partial charge in [-0.15, -0.1) is 5.10 Å². The molecule has 0 N–H and O–H groups in total. The lowest BCUT2D eigenvalue weighted by Crippen LogP contribution is -2.08. The first-order valence-electron chi connectivity index (χ1n) is 10.4. The van der Waals surface area contributed by atoms with Crippen molar-refractivity contribution >= 4 is 5.97 Å². The van der Waals surface area contributed by atoms with Crippen LogP contribution in [0.15, 0.2) is 89.5 Å². The van der Waals surface area contributed by atoms with Crippen LogP contribution in [0.4, 0.5) is 0 Å². The Bertz CT molecular complexity index is 1360. The molecule has 0 unspecified atom stereocenters. The summed E-state index contributed by atoms with van der Waals surface area (Å²) in [6.45, 7) is -0.221. The predicted octanol–water partition coefficient (Wildman–Crippen LogP) is 4.35. The van der Waals surface area contributed by atoms with Gasteiger partial charge in [-0.1, -0.05) is 65.8 Å². The lowest BCUT2D eigenvalue weighted by Gasteiger charge is -2.05. The Balaban J connectivity index is 1.37. The van der Waals surface area contributed by atoms with Gasteiger partial charge in [-0.3, -0.25) is 0 Å². The summed E-state index contributed by atoms with van der Waals surface area (Å²) in [4.78, 5) is 21.5. The molecule has 0 atom stereocenters. The summed E-state index contributed by atoms with van der Waals surface area (Å²) in [7, 11) is 1.56. The smallest absolute Gasteiger partial charge is 0.378 e. The first kappa shape index (κ1) is 21.1. The Hall–Kier alpha value is -4.79. The highest BCUT2D eigenvalue weighted by Gasteiger charge is 2.21. The lowest BCUT2D eigenvalue weighted by molar-refractivity contribution is 0.0415. The zero-order valence-corrected chi connectivity index (χ0v) is 18.2. The highest BCUT2D eigenvalue weighted by molar-refractivity contribution is 5.86. The van der Waals surface area contributed by atoms with Crippen molar-refractivity contribution in [1.29, 1.82) is 0 Å². The molecule has 5 rings (SSSR count). The van der Waals surface area contributed by atoms with E-state index in [-0.39, 0.29) is 18.3 Å². The van der Waals surface area contributed by atoms with Gasteiger partial charge in [-0.2, -0.15) is 4.98 Å². The van der Waals surface area contributed by atoms with E-state index in [1.54, 1.807) is 17.9 Å². The van der Waals surface area contributed by atoms with Gasteiger partial charge in [-0.25, -0.2) is 14.5 Å². The van der Waals surface area contributed by atoms with Crippen LogP contribution in [0.5, 0.6) is 5.75 Å². The van der Waals surface area contributed by atoms with Crippen molar-refractivity contribution in [1.82, 2.24) is 24.9 Å². The van der Waals surface area contributed by atoms with E-state index in [1.165, 1.54) is 0 Å². The van der Waals surface area contributed by atoms with Crippen LogP contribution in [-0.2, 0) is 11.3 Å². The average molecular weight is 453 g/mol. The van der Waals surface area contributed by atoms with Crippen LogP contribution < -0.4 is 4.74 Å². The molecule has 0 aliphatic carbocycles. The first-order chi connectivity index (χ1) is 16.7. The Labute approximate surface area is 194 Å².